The second kappa shape index (κ2) is 5.72. The van der Waals surface area contributed by atoms with Crippen LogP contribution in [0.1, 0.15) is 21.6 Å². The molecule has 2 aromatic rings. The first-order valence-electron chi connectivity index (χ1n) is 6.60. The van der Waals surface area contributed by atoms with Gasteiger partial charge in [0, 0.05) is 6.20 Å². The Hall–Kier alpha value is -2.31. The van der Waals surface area contributed by atoms with Crippen molar-refractivity contribution in [2.24, 2.45) is 0 Å². The van der Waals surface area contributed by atoms with E-state index in [9.17, 15) is 14.4 Å². The van der Waals surface area contributed by atoms with Crippen molar-refractivity contribution in [3.8, 4) is 0 Å². The molecule has 0 saturated carbocycles. The maximum absolute atomic E-state index is 12.1. The molecule has 8 heteroatoms. The van der Waals surface area contributed by atoms with Crippen LogP contribution in [0.3, 0.4) is 0 Å². The van der Waals surface area contributed by atoms with Gasteiger partial charge in [0.25, 0.3) is 5.91 Å². The van der Waals surface area contributed by atoms with E-state index in [0.29, 0.717) is 21.4 Å². The van der Waals surface area contributed by atoms with E-state index in [1.165, 1.54) is 6.20 Å². The minimum Gasteiger partial charge on any atom is -0.480 e. The lowest BCUT2D eigenvalue weighted by atomic mass is 10.1. The number of aliphatic carboxylic acids is 1. The standard InChI is InChI=1S/C15H10Cl2N2O4/c16-10-2-1-8(4-11(10)17)3-9-5-12-14(22)19(7-13(20)21)15(23)18(12)6-9/h1-2,4-6H,3,7H2,(H,20,21). The summed E-state index contributed by atoms with van der Waals surface area (Å²) in [5, 5.41) is 9.62. The summed E-state index contributed by atoms with van der Waals surface area (Å²) in [5.41, 5.74) is 1.78. The van der Waals surface area contributed by atoms with Gasteiger partial charge >= 0.3 is 12.0 Å². The van der Waals surface area contributed by atoms with E-state index in [-0.39, 0.29) is 5.69 Å². The van der Waals surface area contributed by atoms with Crippen molar-refractivity contribution in [3.63, 3.8) is 0 Å². The van der Waals surface area contributed by atoms with Gasteiger partial charge in [-0.15, -0.1) is 0 Å². The maximum Gasteiger partial charge on any atom is 0.336 e. The minimum absolute atomic E-state index is 0.159. The van der Waals surface area contributed by atoms with Crippen LogP contribution in [0.15, 0.2) is 30.5 Å². The summed E-state index contributed by atoms with van der Waals surface area (Å²) in [5.74, 6) is -1.86. The predicted octanol–water partition coefficient (Wildman–Crippen LogP) is 2.89. The number of amides is 2. The lowest BCUT2D eigenvalue weighted by Crippen LogP contribution is -2.35. The number of hydrogen-bond donors (Lipinski definition) is 1. The second-order valence-electron chi connectivity index (χ2n) is 5.10. The van der Waals surface area contributed by atoms with Crippen molar-refractivity contribution < 1.29 is 19.5 Å². The molecule has 0 fully saturated rings. The molecule has 1 aliphatic rings. The normalized spacial score (nSPS) is 13.6. The highest BCUT2D eigenvalue weighted by Crippen LogP contribution is 2.26. The number of fused-ring (bicyclic) bond motifs is 1. The summed E-state index contributed by atoms with van der Waals surface area (Å²) in [4.78, 5) is 35.6. The summed E-state index contributed by atoms with van der Waals surface area (Å²) in [6, 6.07) is 6.11. The number of carboxylic acid groups (broad SMARTS) is 1. The van der Waals surface area contributed by atoms with Crippen LogP contribution in [0.25, 0.3) is 0 Å². The number of halogens is 2. The molecule has 0 spiro atoms. The van der Waals surface area contributed by atoms with E-state index >= 15 is 0 Å². The van der Waals surface area contributed by atoms with Gasteiger partial charge in [-0.05, 0) is 35.7 Å². The van der Waals surface area contributed by atoms with Crippen molar-refractivity contribution in [3.05, 3.63) is 57.3 Å². The highest BCUT2D eigenvalue weighted by Gasteiger charge is 2.37. The number of hydrogen-bond acceptors (Lipinski definition) is 3. The maximum atomic E-state index is 12.1. The number of rotatable bonds is 4. The zero-order chi connectivity index (χ0) is 16.7. The smallest absolute Gasteiger partial charge is 0.336 e. The Kier molecular flexibility index (Phi) is 3.87. The molecule has 0 unspecified atom stereocenters. The number of imide groups is 1. The van der Waals surface area contributed by atoms with Crippen LogP contribution in [-0.4, -0.2) is 39.0 Å². The quantitative estimate of drug-likeness (QED) is 0.917. The number of nitrogens with zero attached hydrogens (tertiary/aromatic N) is 2. The molecule has 1 aromatic heterocycles. The average Bonchev–Trinajstić information content (AvgIpc) is 2.98. The molecule has 3 rings (SSSR count). The molecule has 23 heavy (non-hydrogen) atoms. The fraction of sp³-hybridized carbons (Fsp3) is 0.133. The molecular weight excluding hydrogens is 343 g/mol. The van der Waals surface area contributed by atoms with Crippen molar-refractivity contribution in [1.82, 2.24) is 9.47 Å². The van der Waals surface area contributed by atoms with Gasteiger partial charge in [0.05, 0.1) is 10.0 Å². The molecule has 2 heterocycles. The van der Waals surface area contributed by atoms with Gasteiger partial charge in [-0.1, -0.05) is 29.3 Å². The zero-order valence-electron chi connectivity index (χ0n) is 11.6. The second-order valence-corrected chi connectivity index (χ2v) is 5.91. The van der Waals surface area contributed by atoms with Gasteiger partial charge in [0.15, 0.2) is 0 Å². The highest BCUT2D eigenvalue weighted by molar-refractivity contribution is 6.42. The van der Waals surface area contributed by atoms with Gasteiger partial charge in [0.2, 0.25) is 0 Å². The zero-order valence-corrected chi connectivity index (χ0v) is 13.1. The summed E-state index contributed by atoms with van der Waals surface area (Å²) in [6.07, 6.45) is 2.00. The van der Waals surface area contributed by atoms with E-state index in [1.807, 2.05) is 0 Å². The molecule has 1 aromatic carbocycles. The third kappa shape index (κ3) is 2.83. The molecule has 0 bridgehead atoms. The lowest BCUT2D eigenvalue weighted by Gasteiger charge is -2.09. The first-order chi connectivity index (χ1) is 10.9. The van der Waals surface area contributed by atoms with Crippen LogP contribution in [0.2, 0.25) is 10.0 Å². The number of carboxylic acids is 1. The number of benzene rings is 1. The van der Waals surface area contributed by atoms with Crippen molar-refractivity contribution in [1.29, 1.82) is 0 Å². The van der Waals surface area contributed by atoms with Crippen LogP contribution in [-0.2, 0) is 11.2 Å². The average molecular weight is 353 g/mol. The molecule has 2 amide bonds. The SMILES string of the molecule is O=C(O)CN1C(=O)c2cc(Cc3ccc(Cl)c(Cl)c3)cn2C1=O. The topological polar surface area (TPSA) is 79.6 Å². The van der Waals surface area contributed by atoms with Crippen LogP contribution in [0.4, 0.5) is 4.79 Å². The predicted molar refractivity (Wildman–Crippen MR) is 83.2 cm³/mol. The van der Waals surface area contributed by atoms with E-state index in [1.54, 1.807) is 24.3 Å². The first kappa shape index (κ1) is 15.6. The highest BCUT2D eigenvalue weighted by atomic mass is 35.5. The molecule has 0 aliphatic carbocycles. The van der Waals surface area contributed by atoms with Gasteiger partial charge in [-0.3, -0.25) is 14.2 Å². The van der Waals surface area contributed by atoms with Gasteiger partial charge in [-0.2, -0.15) is 0 Å². The summed E-state index contributed by atoms with van der Waals surface area (Å²) in [6.45, 7) is -0.651. The summed E-state index contributed by atoms with van der Waals surface area (Å²) >= 11 is 11.8. The third-order valence-electron chi connectivity index (χ3n) is 3.46. The van der Waals surface area contributed by atoms with Crippen LogP contribution < -0.4 is 0 Å². The molecular formula is C15H10Cl2N2O4. The lowest BCUT2D eigenvalue weighted by molar-refractivity contribution is -0.137. The van der Waals surface area contributed by atoms with E-state index < -0.39 is 24.5 Å². The van der Waals surface area contributed by atoms with E-state index in [4.69, 9.17) is 28.3 Å². The van der Waals surface area contributed by atoms with E-state index in [0.717, 1.165) is 15.7 Å². The number of aromatic nitrogens is 1. The summed E-state index contributed by atoms with van der Waals surface area (Å²) in [7, 11) is 0. The monoisotopic (exact) mass is 352 g/mol. The minimum atomic E-state index is -1.24. The number of carbonyl (C=O) groups excluding carboxylic acids is 2. The Balaban J connectivity index is 1.85. The third-order valence-corrected chi connectivity index (χ3v) is 4.20. The molecule has 0 saturated heterocycles. The van der Waals surface area contributed by atoms with Gasteiger partial charge < -0.3 is 5.11 Å². The van der Waals surface area contributed by atoms with Crippen LogP contribution in [0, 0.1) is 0 Å². The fourth-order valence-electron chi connectivity index (χ4n) is 2.45. The van der Waals surface area contributed by atoms with Crippen molar-refractivity contribution >= 4 is 41.1 Å². The summed E-state index contributed by atoms with van der Waals surface area (Å²) < 4.78 is 1.16. The Morgan fingerprint density at radius 1 is 1.09 bits per heavy atom. The van der Waals surface area contributed by atoms with E-state index in [2.05, 4.69) is 0 Å². The molecule has 6 nitrogen and oxygen atoms in total. The Labute approximate surface area is 140 Å². The Bertz CT molecular complexity index is 810. The Morgan fingerprint density at radius 3 is 2.43 bits per heavy atom. The van der Waals surface area contributed by atoms with Crippen LogP contribution >= 0.6 is 23.2 Å². The van der Waals surface area contributed by atoms with Crippen LogP contribution in [0.5, 0.6) is 0 Å². The molecule has 0 radical (unpaired) electrons. The molecule has 1 N–H and O–H groups in total. The largest absolute Gasteiger partial charge is 0.480 e. The fourth-order valence-corrected chi connectivity index (χ4v) is 2.77. The van der Waals surface area contributed by atoms with Gasteiger partial charge in [-0.25, -0.2) is 9.69 Å². The van der Waals surface area contributed by atoms with Gasteiger partial charge in [0.1, 0.15) is 12.2 Å². The van der Waals surface area contributed by atoms with Crippen molar-refractivity contribution in [2.45, 2.75) is 6.42 Å². The van der Waals surface area contributed by atoms with Crippen molar-refractivity contribution in [2.75, 3.05) is 6.54 Å². The first-order valence-corrected chi connectivity index (χ1v) is 7.35. The Morgan fingerprint density at radius 2 is 1.83 bits per heavy atom. The molecule has 118 valence electrons. The molecule has 0 atom stereocenters. The molecule has 1 aliphatic heterocycles. The number of carbonyl (C=O) groups is 3.